The summed E-state index contributed by atoms with van der Waals surface area (Å²) in [6.45, 7) is -0.110. The van der Waals surface area contributed by atoms with Crippen molar-refractivity contribution in [3.8, 4) is 28.6 Å². The summed E-state index contributed by atoms with van der Waals surface area (Å²) in [6.07, 6.45) is -4.49. The van der Waals surface area contributed by atoms with Gasteiger partial charge in [0.1, 0.15) is 6.54 Å². The summed E-state index contributed by atoms with van der Waals surface area (Å²) < 4.78 is 54.5. The third kappa shape index (κ3) is 5.25. The van der Waals surface area contributed by atoms with E-state index in [4.69, 9.17) is 14.2 Å². The van der Waals surface area contributed by atoms with Crippen LogP contribution in [0.3, 0.4) is 0 Å². The monoisotopic (exact) mass is 451 g/mol. The van der Waals surface area contributed by atoms with Crippen LogP contribution in [0.5, 0.6) is 17.2 Å². The van der Waals surface area contributed by atoms with E-state index in [1.807, 2.05) is 0 Å². The lowest BCUT2D eigenvalue weighted by Crippen LogP contribution is -2.28. The zero-order valence-electron chi connectivity index (χ0n) is 17.4. The molecule has 3 aromatic rings. The van der Waals surface area contributed by atoms with E-state index in [1.54, 1.807) is 12.1 Å². The lowest BCUT2D eigenvalue weighted by Gasteiger charge is -2.14. The van der Waals surface area contributed by atoms with Crippen molar-refractivity contribution in [2.45, 2.75) is 19.3 Å². The van der Waals surface area contributed by atoms with Gasteiger partial charge < -0.3 is 19.5 Å². The van der Waals surface area contributed by atoms with Gasteiger partial charge in [0.05, 0.1) is 26.9 Å². The van der Waals surface area contributed by atoms with Crippen LogP contribution in [0.25, 0.3) is 11.4 Å². The molecule has 0 spiro atoms. The van der Waals surface area contributed by atoms with Crippen molar-refractivity contribution in [3.63, 3.8) is 0 Å². The maximum atomic E-state index is 12.9. The molecule has 3 rings (SSSR count). The number of alkyl halides is 3. The number of ether oxygens (including phenoxy) is 3. The maximum absolute atomic E-state index is 12.9. The molecule has 9 nitrogen and oxygen atoms in total. The standard InChI is InChI=1S/C20H20F3N5O4/c1-30-15-7-12(8-16(31-2)18(15)32-3)10-24-17(29)11-28-26-19(25-27-28)13-5-4-6-14(9-13)20(21,22)23/h4-9H,10-11H2,1-3H3,(H,24,29). The van der Waals surface area contributed by atoms with Crippen LogP contribution in [0.2, 0.25) is 0 Å². The average molecular weight is 451 g/mol. The Kier molecular flexibility index (Phi) is 6.81. The minimum absolute atomic E-state index is 0.0199. The second kappa shape index (κ2) is 9.54. The summed E-state index contributed by atoms with van der Waals surface area (Å²) in [4.78, 5) is 13.3. The third-order valence-corrected chi connectivity index (χ3v) is 4.40. The van der Waals surface area contributed by atoms with E-state index in [2.05, 4.69) is 20.7 Å². The van der Waals surface area contributed by atoms with E-state index in [-0.39, 0.29) is 24.5 Å². The topological polar surface area (TPSA) is 100 Å². The Morgan fingerprint density at radius 2 is 1.75 bits per heavy atom. The van der Waals surface area contributed by atoms with E-state index < -0.39 is 17.6 Å². The number of tetrazole rings is 1. The van der Waals surface area contributed by atoms with Gasteiger partial charge in [-0.2, -0.15) is 18.0 Å². The molecule has 0 aliphatic rings. The normalized spacial score (nSPS) is 11.2. The Labute approximate surface area is 181 Å². The van der Waals surface area contributed by atoms with Crippen LogP contribution < -0.4 is 19.5 Å². The molecule has 32 heavy (non-hydrogen) atoms. The fourth-order valence-electron chi connectivity index (χ4n) is 2.88. The highest BCUT2D eigenvalue weighted by molar-refractivity contribution is 5.75. The van der Waals surface area contributed by atoms with Gasteiger partial charge in [-0.1, -0.05) is 12.1 Å². The largest absolute Gasteiger partial charge is 0.493 e. The van der Waals surface area contributed by atoms with Crippen LogP contribution in [0, 0.1) is 0 Å². The highest BCUT2D eigenvalue weighted by Crippen LogP contribution is 2.38. The van der Waals surface area contributed by atoms with E-state index in [0.717, 1.165) is 16.9 Å². The molecule has 0 bridgehead atoms. The quantitative estimate of drug-likeness (QED) is 0.562. The van der Waals surface area contributed by atoms with Gasteiger partial charge in [0, 0.05) is 12.1 Å². The molecule has 170 valence electrons. The van der Waals surface area contributed by atoms with Gasteiger partial charge in [-0.15, -0.1) is 10.2 Å². The predicted octanol–water partition coefficient (Wildman–Crippen LogP) is 2.70. The number of carbonyl (C=O) groups excluding carboxylic acids is 1. The molecular weight excluding hydrogens is 431 g/mol. The SMILES string of the molecule is COc1cc(CNC(=O)Cn2nnc(-c3cccc(C(F)(F)F)c3)n2)cc(OC)c1OC. The van der Waals surface area contributed by atoms with Crippen LogP contribution in [0.1, 0.15) is 11.1 Å². The summed E-state index contributed by atoms with van der Waals surface area (Å²) in [5.74, 6) is 0.874. The molecule has 0 aliphatic carbocycles. The van der Waals surface area contributed by atoms with Gasteiger partial charge >= 0.3 is 6.18 Å². The first kappa shape index (κ1) is 22.8. The first-order valence-electron chi connectivity index (χ1n) is 9.26. The zero-order valence-corrected chi connectivity index (χ0v) is 17.4. The number of benzene rings is 2. The summed E-state index contributed by atoms with van der Waals surface area (Å²) in [7, 11) is 4.45. The fraction of sp³-hybridized carbons (Fsp3) is 0.300. The molecule has 1 aromatic heterocycles. The smallest absolute Gasteiger partial charge is 0.416 e. The summed E-state index contributed by atoms with van der Waals surface area (Å²) >= 11 is 0. The average Bonchev–Trinajstić information content (AvgIpc) is 3.24. The Morgan fingerprint density at radius 1 is 1.06 bits per heavy atom. The molecule has 1 heterocycles. The van der Waals surface area contributed by atoms with E-state index in [1.165, 1.54) is 33.5 Å². The number of nitrogens with zero attached hydrogens (tertiary/aromatic N) is 4. The Bertz CT molecular complexity index is 1080. The lowest BCUT2D eigenvalue weighted by molar-refractivity contribution is -0.137. The highest BCUT2D eigenvalue weighted by Gasteiger charge is 2.30. The zero-order chi connectivity index (χ0) is 23.3. The van der Waals surface area contributed by atoms with E-state index in [9.17, 15) is 18.0 Å². The van der Waals surface area contributed by atoms with Crippen LogP contribution in [-0.4, -0.2) is 47.4 Å². The van der Waals surface area contributed by atoms with Crippen LogP contribution in [0.4, 0.5) is 13.2 Å². The number of rotatable bonds is 8. The fourth-order valence-corrected chi connectivity index (χ4v) is 2.88. The van der Waals surface area contributed by atoms with E-state index in [0.29, 0.717) is 22.8 Å². The van der Waals surface area contributed by atoms with Crippen molar-refractivity contribution in [2.75, 3.05) is 21.3 Å². The summed E-state index contributed by atoms with van der Waals surface area (Å²) in [5, 5.41) is 14.1. The molecule has 12 heteroatoms. The molecular formula is C20H20F3N5O4. The number of aromatic nitrogens is 4. The number of nitrogens with one attached hydrogen (secondary N) is 1. The first-order chi connectivity index (χ1) is 15.2. The van der Waals surface area contributed by atoms with Crippen molar-refractivity contribution >= 4 is 5.91 Å². The molecule has 2 aromatic carbocycles. The molecule has 0 saturated heterocycles. The van der Waals surface area contributed by atoms with Gasteiger partial charge in [0.2, 0.25) is 17.5 Å². The Hall–Kier alpha value is -3.83. The molecule has 0 radical (unpaired) electrons. The molecule has 0 saturated carbocycles. The number of hydrogen-bond acceptors (Lipinski definition) is 7. The summed E-state index contributed by atoms with van der Waals surface area (Å²) in [6, 6.07) is 7.95. The molecule has 1 N–H and O–H groups in total. The summed E-state index contributed by atoms with van der Waals surface area (Å²) in [5.41, 5.74) is 0.0161. The van der Waals surface area contributed by atoms with Crippen LogP contribution >= 0.6 is 0 Å². The first-order valence-corrected chi connectivity index (χ1v) is 9.26. The second-order valence-electron chi connectivity index (χ2n) is 6.53. The van der Waals surface area contributed by atoms with Crippen molar-refractivity contribution in [3.05, 3.63) is 47.5 Å². The minimum Gasteiger partial charge on any atom is -0.493 e. The number of methoxy groups -OCH3 is 3. The van der Waals surface area contributed by atoms with Crippen LogP contribution in [-0.2, 0) is 24.1 Å². The van der Waals surface area contributed by atoms with Gasteiger partial charge in [-0.25, -0.2) is 0 Å². The lowest BCUT2D eigenvalue weighted by atomic mass is 10.1. The Morgan fingerprint density at radius 3 is 2.34 bits per heavy atom. The van der Waals surface area contributed by atoms with Crippen LogP contribution in [0.15, 0.2) is 36.4 Å². The van der Waals surface area contributed by atoms with Crippen molar-refractivity contribution < 1.29 is 32.2 Å². The molecule has 1 amide bonds. The molecule has 0 aliphatic heterocycles. The van der Waals surface area contributed by atoms with E-state index >= 15 is 0 Å². The predicted molar refractivity (Wildman–Crippen MR) is 106 cm³/mol. The third-order valence-electron chi connectivity index (χ3n) is 4.40. The molecule has 0 unspecified atom stereocenters. The maximum Gasteiger partial charge on any atom is 0.416 e. The minimum atomic E-state index is -4.49. The van der Waals surface area contributed by atoms with Crippen molar-refractivity contribution in [1.82, 2.24) is 25.5 Å². The van der Waals surface area contributed by atoms with Gasteiger partial charge in [0.15, 0.2) is 11.5 Å². The number of halogens is 3. The van der Waals surface area contributed by atoms with Gasteiger partial charge in [-0.3, -0.25) is 4.79 Å². The molecule has 0 atom stereocenters. The number of carbonyl (C=O) groups is 1. The van der Waals surface area contributed by atoms with Crippen molar-refractivity contribution in [2.24, 2.45) is 0 Å². The van der Waals surface area contributed by atoms with Gasteiger partial charge in [-0.05, 0) is 35.0 Å². The van der Waals surface area contributed by atoms with Gasteiger partial charge in [0.25, 0.3) is 0 Å². The number of hydrogen-bond donors (Lipinski definition) is 1. The second-order valence-corrected chi connectivity index (χ2v) is 6.53. The highest BCUT2D eigenvalue weighted by atomic mass is 19.4. The van der Waals surface area contributed by atoms with Crippen molar-refractivity contribution in [1.29, 1.82) is 0 Å². The molecule has 0 fully saturated rings. The number of amides is 1. The Balaban J connectivity index is 1.65.